The normalized spacial score (nSPS) is 24.0. The molecule has 1 saturated heterocycles. The molecule has 2 atom stereocenters. The van der Waals surface area contributed by atoms with Gasteiger partial charge in [0.25, 0.3) is 0 Å². The predicted molar refractivity (Wildman–Crippen MR) is 80.6 cm³/mol. The Hall–Kier alpha value is -0.473. The maximum absolute atomic E-state index is 12.1. The molecule has 6 nitrogen and oxygen atoms in total. The minimum absolute atomic E-state index is 0.0104. The fourth-order valence-corrected chi connectivity index (χ4v) is 3.15. The Morgan fingerprint density at radius 3 is 1.95 bits per heavy atom. The number of esters is 1. The van der Waals surface area contributed by atoms with Crippen molar-refractivity contribution in [3.63, 3.8) is 0 Å². The number of hydrogen-bond acceptors (Lipinski definition) is 6. The van der Waals surface area contributed by atoms with Crippen molar-refractivity contribution in [3.8, 4) is 0 Å². The van der Waals surface area contributed by atoms with Gasteiger partial charge in [0.15, 0.2) is 14.6 Å². The van der Waals surface area contributed by atoms with E-state index in [9.17, 15) is 4.79 Å². The van der Waals surface area contributed by atoms with Crippen molar-refractivity contribution in [1.82, 2.24) is 0 Å². The Morgan fingerprint density at radius 1 is 1.19 bits per heavy atom. The van der Waals surface area contributed by atoms with E-state index in [1.54, 1.807) is 0 Å². The molecule has 1 aliphatic rings. The van der Waals surface area contributed by atoms with Crippen molar-refractivity contribution in [2.24, 2.45) is 0 Å². The maximum Gasteiger partial charge on any atom is 0.343 e. The van der Waals surface area contributed by atoms with E-state index in [-0.39, 0.29) is 11.6 Å². The van der Waals surface area contributed by atoms with Gasteiger partial charge in [0.1, 0.15) is 6.10 Å². The zero-order chi connectivity index (χ0) is 16.5. The van der Waals surface area contributed by atoms with E-state index in [4.69, 9.17) is 23.4 Å². The number of hydrogen-bond donors (Lipinski definition) is 0. The molecule has 0 aromatic heterocycles. The molecule has 1 aliphatic heterocycles. The fraction of sp³-hybridized carbons (Fsp3) is 0.929. The largest absolute Gasteiger partial charge is 0.467 e. The van der Waals surface area contributed by atoms with Crippen molar-refractivity contribution >= 4 is 14.3 Å². The molecule has 0 N–H and O–H groups in total. The van der Waals surface area contributed by atoms with Gasteiger partial charge < -0.3 is 23.4 Å². The van der Waals surface area contributed by atoms with E-state index < -0.39 is 32.3 Å². The molecule has 0 spiro atoms. The standard InChI is InChI=1S/C14H28O6Si/c1-13(2,3)21(7,8)20-10(11(16-4)17-5)14(9-19-14)12(15)18-6/h10-11H,9H2,1-8H3/t10-,14-/m1/s1. The summed E-state index contributed by atoms with van der Waals surface area (Å²) in [5.41, 5.74) is -1.12. The first kappa shape index (κ1) is 18.6. The highest BCUT2D eigenvalue weighted by molar-refractivity contribution is 6.74. The van der Waals surface area contributed by atoms with Gasteiger partial charge in [0, 0.05) is 14.2 Å². The third kappa shape index (κ3) is 3.65. The van der Waals surface area contributed by atoms with Crippen LogP contribution in [0.15, 0.2) is 0 Å². The summed E-state index contributed by atoms with van der Waals surface area (Å²) in [4.78, 5) is 12.1. The lowest BCUT2D eigenvalue weighted by Crippen LogP contribution is -2.56. The molecule has 0 saturated carbocycles. The maximum atomic E-state index is 12.1. The summed E-state index contributed by atoms with van der Waals surface area (Å²) in [6, 6.07) is 0. The molecule has 0 amide bonds. The van der Waals surface area contributed by atoms with Crippen molar-refractivity contribution in [2.75, 3.05) is 27.9 Å². The SMILES string of the molecule is COC(=O)[C@]1([C@H](O[Si](C)(C)C(C)(C)C)C(OC)OC)CO1. The minimum atomic E-state index is -2.14. The average molecular weight is 320 g/mol. The Morgan fingerprint density at radius 2 is 1.67 bits per heavy atom. The zero-order valence-electron chi connectivity index (χ0n) is 14.3. The van der Waals surface area contributed by atoms with Crippen LogP contribution >= 0.6 is 0 Å². The van der Waals surface area contributed by atoms with E-state index >= 15 is 0 Å². The quantitative estimate of drug-likeness (QED) is 0.309. The molecular formula is C14H28O6Si. The average Bonchev–Trinajstić information content (AvgIpc) is 3.18. The van der Waals surface area contributed by atoms with Crippen LogP contribution < -0.4 is 0 Å². The summed E-state index contributed by atoms with van der Waals surface area (Å²) < 4.78 is 27.3. The monoisotopic (exact) mass is 320 g/mol. The van der Waals surface area contributed by atoms with Crippen LogP contribution in [0, 0.1) is 0 Å². The van der Waals surface area contributed by atoms with Gasteiger partial charge in [-0.3, -0.25) is 0 Å². The number of ether oxygens (including phenoxy) is 4. The van der Waals surface area contributed by atoms with E-state index in [2.05, 4.69) is 33.9 Å². The lowest BCUT2D eigenvalue weighted by Gasteiger charge is -2.41. The Kier molecular flexibility index (Phi) is 5.60. The first-order valence-corrected chi connectivity index (χ1v) is 9.92. The van der Waals surface area contributed by atoms with Crippen LogP contribution in [0.25, 0.3) is 0 Å². The van der Waals surface area contributed by atoms with Gasteiger partial charge in [-0.15, -0.1) is 0 Å². The zero-order valence-corrected chi connectivity index (χ0v) is 15.3. The highest BCUT2D eigenvalue weighted by Gasteiger charge is 2.64. The van der Waals surface area contributed by atoms with Crippen LogP contribution in [0.4, 0.5) is 0 Å². The highest BCUT2D eigenvalue weighted by Crippen LogP contribution is 2.43. The molecule has 1 fully saturated rings. The second-order valence-corrected chi connectivity index (χ2v) is 11.6. The van der Waals surface area contributed by atoms with Crippen LogP contribution in [0.2, 0.25) is 18.1 Å². The molecule has 0 aromatic rings. The molecule has 124 valence electrons. The number of epoxide rings is 1. The van der Waals surface area contributed by atoms with Gasteiger partial charge in [-0.25, -0.2) is 4.79 Å². The van der Waals surface area contributed by atoms with Crippen LogP contribution in [-0.4, -0.2) is 60.2 Å². The third-order valence-electron chi connectivity index (χ3n) is 4.39. The van der Waals surface area contributed by atoms with E-state index in [1.165, 1.54) is 21.3 Å². The molecule has 0 aromatic carbocycles. The molecule has 0 aliphatic carbocycles. The first-order valence-electron chi connectivity index (χ1n) is 7.01. The number of methoxy groups -OCH3 is 3. The Labute approximate surface area is 128 Å². The molecule has 0 radical (unpaired) electrons. The summed E-state index contributed by atoms with van der Waals surface area (Å²) in [5.74, 6) is -0.453. The first-order chi connectivity index (χ1) is 9.55. The summed E-state index contributed by atoms with van der Waals surface area (Å²) >= 11 is 0. The van der Waals surface area contributed by atoms with Gasteiger partial charge in [-0.2, -0.15) is 0 Å². The fourth-order valence-electron chi connectivity index (χ4n) is 1.86. The van der Waals surface area contributed by atoms with E-state index in [0.717, 1.165) is 0 Å². The van der Waals surface area contributed by atoms with Gasteiger partial charge >= 0.3 is 5.97 Å². The molecular weight excluding hydrogens is 292 g/mol. The summed E-state index contributed by atoms with van der Waals surface area (Å²) in [6.45, 7) is 10.9. The van der Waals surface area contributed by atoms with Gasteiger partial charge in [0.05, 0.1) is 13.7 Å². The second kappa shape index (κ2) is 6.34. The molecule has 1 heterocycles. The molecule has 7 heteroatoms. The van der Waals surface area contributed by atoms with E-state index in [1.807, 2.05) is 0 Å². The molecule has 0 unspecified atom stereocenters. The van der Waals surface area contributed by atoms with Crippen molar-refractivity contribution in [2.45, 2.75) is 56.9 Å². The number of rotatable bonds is 7. The number of carbonyl (C=O) groups is 1. The minimum Gasteiger partial charge on any atom is -0.467 e. The van der Waals surface area contributed by atoms with Crippen LogP contribution in [0.5, 0.6) is 0 Å². The van der Waals surface area contributed by atoms with Crippen LogP contribution in [-0.2, 0) is 28.2 Å². The highest BCUT2D eigenvalue weighted by atomic mass is 28.4. The predicted octanol–water partition coefficient (Wildman–Crippen LogP) is 1.94. The molecule has 0 bridgehead atoms. The van der Waals surface area contributed by atoms with Gasteiger partial charge in [0.2, 0.25) is 5.60 Å². The van der Waals surface area contributed by atoms with Crippen LogP contribution in [0.1, 0.15) is 20.8 Å². The summed E-state index contributed by atoms with van der Waals surface area (Å²) in [7, 11) is 2.23. The molecule has 1 rings (SSSR count). The second-order valence-electron chi connectivity index (χ2n) is 6.81. The molecule has 21 heavy (non-hydrogen) atoms. The number of carbonyl (C=O) groups excluding carboxylic acids is 1. The van der Waals surface area contributed by atoms with Gasteiger partial charge in [-0.05, 0) is 18.1 Å². The van der Waals surface area contributed by atoms with E-state index in [0.29, 0.717) is 0 Å². The lowest BCUT2D eigenvalue weighted by molar-refractivity contribution is -0.188. The van der Waals surface area contributed by atoms with Crippen molar-refractivity contribution in [3.05, 3.63) is 0 Å². The lowest BCUT2D eigenvalue weighted by atomic mass is 10.0. The Balaban J connectivity index is 3.08. The van der Waals surface area contributed by atoms with Crippen LogP contribution in [0.3, 0.4) is 0 Å². The topological polar surface area (TPSA) is 66.5 Å². The smallest absolute Gasteiger partial charge is 0.343 e. The van der Waals surface area contributed by atoms with Crippen molar-refractivity contribution in [1.29, 1.82) is 0 Å². The summed E-state index contributed by atoms with van der Waals surface area (Å²) in [6.07, 6.45) is -1.35. The van der Waals surface area contributed by atoms with Gasteiger partial charge in [-0.1, -0.05) is 20.8 Å². The van der Waals surface area contributed by atoms with Crippen molar-refractivity contribution < 1.29 is 28.2 Å². The Bertz CT molecular complexity index is 368. The third-order valence-corrected chi connectivity index (χ3v) is 8.84. The summed E-state index contributed by atoms with van der Waals surface area (Å²) in [5, 5.41) is -0.0104.